The molecule has 9 heteroatoms. The highest BCUT2D eigenvalue weighted by molar-refractivity contribution is 6.11. The molecule has 9 nitrogen and oxygen atoms in total. The van der Waals surface area contributed by atoms with Crippen molar-refractivity contribution in [2.24, 2.45) is 0 Å². The van der Waals surface area contributed by atoms with Gasteiger partial charge in [0.25, 0.3) is 5.91 Å². The van der Waals surface area contributed by atoms with Gasteiger partial charge in [0.2, 0.25) is 0 Å². The number of rotatable bonds is 11. The van der Waals surface area contributed by atoms with Crippen LogP contribution in [0.3, 0.4) is 0 Å². The van der Waals surface area contributed by atoms with Gasteiger partial charge in [0, 0.05) is 12.2 Å². The molecule has 29 heavy (non-hydrogen) atoms. The number of nitrogens with zero attached hydrogens (tertiary/aromatic N) is 2. The first-order chi connectivity index (χ1) is 13.8. The van der Waals surface area contributed by atoms with Crippen LogP contribution in [0.4, 0.5) is 5.82 Å². The second-order valence-electron chi connectivity index (χ2n) is 6.77. The quantitative estimate of drug-likeness (QED) is 0.420. The lowest BCUT2D eigenvalue weighted by molar-refractivity contribution is -0.138. The SMILES string of the molecule is CCCCCCC(CC(=O)O)n1cnc(NC(=O)c2cccc(O)c2C(=O)O)c1. The van der Waals surface area contributed by atoms with Crippen molar-refractivity contribution in [2.75, 3.05) is 5.32 Å². The minimum absolute atomic E-state index is 0.0639. The van der Waals surface area contributed by atoms with Gasteiger partial charge in [0.05, 0.1) is 18.3 Å². The fraction of sp³-hybridized carbons (Fsp3) is 0.400. The van der Waals surface area contributed by atoms with Crippen LogP contribution in [0.5, 0.6) is 5.75 Å². The van der Waals surface area contributed by atoms with Crippen molar-refractivity contribution in [3.63, 3.8) is 0 Å². The maximum absolute atomic E-state index is 12.5. The van der Waals surface area contributed by atoms with Crippen molar-refractivity contribution in [2.45, 2.75) is 51.5 Å². The molecule has 1 aromatic carbocycles. The number of imidazole rings is 1. The Morgan fingerprint density at radius 1 is 1.17 bits per heavy atom. The van der Waals surface area contributed by atoms with Crippen molar-refractivity contribution in [3.8, 4) is 5.75 Å². The largest absolute Gasteiger partial charge is 0.507 e. The Kier molecular flexibility index (Phi) is 7.76. The van der Waals surface area contributed by atoms with Crippen molar-refractivity contribution >= 4 is 23.7 Å². The first-order valence-corrected chi connectivity index (χ1v) is 9.45. The Bertz CT molecular complexity index is 877. The lowest BCUT2D eigenvalue weighted by Crippen LogP contribution is -2.17. The lowest BCUT2D eigenvalue weighted by Gasteiger charge is -2.16. The summed E-state index contributed by atoms with van der Waals surface area (Å²) in [6.45, 7) is 2.10. The predicted octanol–water partition coefficient (Wildman–Crippen LogP) is 3.53. The van der Waals surface area contributed by atoms with Crippen molar-refractivity contribution in [3.05, 3.63) is 41.9 Å². The number of aromatic nitrogens is 2. The topological polar surface area (TPSA) is 142 Å². The molecule has 0 spiro atoms. The van der Waals surface area contributed by atoms with Crippen LogP contribution in [0.25, 0.3) is 0 Å². The molecular weight excluding hydrogens is 378 g/mol. The molecule has 0 saturated heterocycles. The van der Waals surface area contributed by atoms with Crippen molar-refractivity contribution < 1.29 is 29.7 Å². The van der Waals surface area contributed by atoms with Crippen LogP contribution in [0.15, 0.2) is 30.7 Å². The van der Waals surface area contributed by atoms with Crippen LogP contribution >= 0.6 is 0 Å². The van der Waals surface area contributed by atoms with E-state index in [2.05, 4.69) is 17.2 Å². The van der Waals surface area contributed by atoms with Crippen molar-refractivity contribution in [1.29, 1.82) is 0 Å². The van der Waals surface area contributed by atoms with E-state index < -0.39 is 29.2 Å². The Labute approximate surface area is 168 Å². The monoisotopic (exact) mass is 403 g/mol. The molecule has 0 radical (unpaired) electrons. The second-order valence-corrected chi connectivity index (χ2v) is 6.77. The molecule has 4 N–H and O–H groups in total. The maximum atomic E-state index is 12.5. The van der Waals surface area contributed by atoms with E-state index in [9.17, 15) is 29.7 Å². The van der Waals surface area contributed by atoms with E-state index in [4.69, 9.17) is 0 Å². The van der Waals surface area contributed by atoms with Gasteiger partial charge in [-0.2, -0.15) is 0 Å². The number of carbonyl (C=O) groups is 3. The number of carboxylic acids is 2. The molecule has 0 saturated carbocycles. The Hall–Kier alpha value is -3.36. The Morgan fingerprint density at radius 2 is 1.93 bits per heavy atom. The number of aliphatic carboxylic acids is 1. The number of anilines is 1. The number of hydrogen-bond donors (Lipinski definition) is 4. The summed E-state index contributed by atoms with van der Waals surface area (Å²) >= 11 is 0. The van der Waals surface area contributed by atoms with Crippen LogP contribution in [0.1, 0.15) is 72.2 Å². The molecular formula is C20H25N3O6. The van der Waals surface area contributed by atoms with Gasteiger partial charge in [-0.05, 0) is 18.6 Å². The van der Waals surface area contributed by atoms with Crippen LogP contribution in [-0.4, -0.2) is 42.7 Å². The minimum Gasteiger partial charge on any atom is -0.507 e. The summed E-state index contributed by atoms with van der Waals surface area (Å²) in [6.07, 6.45) is 7.64. The van der Waals surface area contributed by atoms with E-state index in [1.807, 2.05) is 0 Å². The molecule has 1 amide bonds. The van der Waals surface area contributed by atoms with E-state index in [0.29, 0.717) is 6.42 Å². The molecule has 0 fully saturated rings. The number of aromatic hydroxyl groups is 1. The van der Waals surface area contributed by atoms with E-state index >= 15 is 0 Å². The van der Waals surface area contributed by atoms with E-state index in [1.54, 1.807) is 4.57 Å². The fourth-order valence-electron chi connectivity index (χ4n) is 3.10. The summed E-state index contributed by atoms with van der Waals surface area (Å²) < 4.78 is 1.65. The first kappa shape index (κ1) is 21.9. The standard InChI is InChI=1S/C20H25N3O6/c1-2-3-4-5-7-13(10-17(25)26)23-11-16(21-12-23)22-19(27)14-8-6-9-15(24)18(14)20(28)29/h6,8-9,11-13,24H,2-5,7,10H2,1H3,(H,22,27)(H,25,26)(H,28,29). The van der Waals surface area contributed by atoms with Gasteiger partial charge >= 0.3 is 11.9 Å². The number of carbonyl (C=O) groups excluding carboxylic acids is 1. The fourth-order valence-corrected chi connectivity index (χ4v) is 3.10. The third-order valence-electron chi connectivity index (χ3n) is 4.57. The number of amides is 1. The van der Waals surface area contributed by atoms with Gasteiger partial charge in [-0.25, -0.2) is 9.78 Å². The van der Waals surface area contributed by atoms with E-state index in [1.165, 1.54) is 30.7 Å². The zero-order valence-electron chi connectivity index (χ0n) is 16.2. The lowest BCUT2D eigenvalue weighted by atomic mass is 10.0. The Balaban J connectivity index is 2.14. The normalized spacial score (nSPS) is 11.8. The van der Waals surface area contributed by atoms with Crippen LogP contribution < -0.4 is 5.32 Å². The summed E-state index contributed by atoms with van der Waals surface area (Å²) in [5.41, 5.74) is -0.696. The molecule has 0 bridgehead atoms. The molecule has 1 heterocycles. The van der Waals surface area contributed by atoms with Gasteiger partial charge in [-0.3, -0.25) is 9.59 Å². The number of hydrogen-bond acceptors (Lipinski definition) is 5. The summed E-state index contributed by atoms with van der Waals surface area (Å²) in [7, 11) is 0. The van der Waals surface area contributed by atoms with Crippen molar-refractivity contribution in [1.82, 2.24) is 9.55 Å². The molecule has 1 atom stereocenters. The molecule has 0 aliphatic carbocycles. The molecule has 2 rings (SSSR count). The molecule has 0 aliphatic rings. The van der Waals surface area contributed by atoms with E-state index in [-0.39, 0.29) is 23.8 Å². The van der Waals surface area contributed by atoms with Gasteiger partial charge in [0.1, 0.15) is 11.3 Å². The number of benzene rings is 1. The van der Waals surface area contributed by atoms with Gasteiger partial charge in [0.15, 0.2) is 5.82 Å². The molecule has 1 aromatic heterocycles. The molecule has 1 unspecified atom stereocenters. The molecule has 0 aliphatic heterocycles. The average molecular weight is 403 g/mol. The van der Waals surface area contributed by atoms with Gasteiger partial charge in [-0.15, -0.1) is 0 Å². The third kappa shape index (κ3) is 6.06. The third-order valence-corrected chi connectivity index (χ3v) is 4.57. The summed E-state index contributed by atoms with van der Waals surface area (Å²) in [5.74, 6) is -3.42. The highest BCUT2D eigenvalue weighted by Gasteiger charge is 2.21. The van der Waals surface area contributed by atoms with E-state index in [0.717, 1.165) is 25.7 Å². The van der Waals surface area contributed by atoms with Crippen LogP contribution in [-0.2, 0) is 4.79 Å². The zero-order valence-corrected chi connectivity index (χ0v) is 16.2. The summed E-state index contributed by atoms with van der Waals surface area (Å²) in [4.78, 5) is 39.1. The minimum atomic E-state index is -1.42. The first-order valence-electron chi connectivity index (χ1n) is 9.45. The highest BCUT2D eigenvalue weighted by atomic mass is 16.4. The maximum Gasteiger partial charge on any atom is 0.340 e. The predicted molar refractivity (Wildman–Crippen MR) is 105 cm³/mol. The average Bonchev–Trinajstić information content (AvgIpc) is 3.11. The molecule has 156 valence electrons. The summed E-state index contributed by atoms with van der Waals surface area (Å²) in [5, 5.41) is 30.6. The van der Waals surface area contributed by atoms with Gasteiger partial charge in [-0.1, -0.05) is 38.7 Å². The van der Waals surface area contributed by atoms with Gasteiger partial charge < -0.3 is 25.2 Å². The number of aromatic carboxylic acids is 1. The highest BCUT2D eigenvalue weighted by Crippen LogP contribution is 2.24. The number of carboxylic acid groups (broad SMARTS) is 2. The number of phenols is 1. The van der Waals surface area contributed by atoms with Crippen LogP contribution in [0, 0.1) is 0 Å². The zero-order chi connectivity index (χ0) is 21.4. The Morgan fingerprint density at radius 3 is 2.59 bits per heavy atom. The second kappa shape index (κ2) is 10.3. The van der Waals surface area contributed by atoms with Crippen LogP contribution in [0.2, 0.25) is 0 Å². The summed E-state index contributed by atoms with van der Waals surface area (Å²) in [6, 6.07) is 3.55. The number of unbranched alkanes of at least 4 members (excludes halogenated alkanes) is 3. The smallest absolute Gasteiger partial charge is 0.340 e. The number of nitrogens with one attached hydrogen (secondary N) is 1. The molecule has 2 aromatic rings.